The van der Waals surface area contributed by atoms with Crippen LogP contribution in [0.4, 0.5) is 16.3 Å². The molecule has 0 aromatic carbocycles. The van der Waals surface area contributed by atoms with Gasteiger partial charge in [-0.25, -0.2) is 9.78 Å². The van der Waals surface area contributed by atoms with E-state index < -0.39 is 0 Å². The third kappa shape index (κ3) is 2.94. The van der Waals surface area contributed by atoms with E-state index in [2.05, 4.69) is 41.7 Å². The first kappa shape index (κ1) is 13.4. The second-order valence-electron chi connectivity index (χ2n) is 4.53. The molecule has 0 bridgehead atoms. The Morgan fingerprint density at radius 3 is 2.90 bits per heavy atom. The molecule has 0 atom stereocenters. The molecule has 2 aromatic rings. The molecule has 0 unspecified atom stereocenters. The maximum atomic E-state index is 11.9. The highest BCUT2D eigenvalue weighted by molar-refractivity contribution is 9.10. The molecule has 20 heavy (non-hydrogen) atoms. The molecular formula is C12H11BrClN5O. The average Bonchev–Trinajstić information content (AvgIpc) is 3.15. The Hall–Kier alpha value is -1.60. The molecule has 1 aliphatic rings. The molecule has 0 saturated heterocycles. The second-order valence-corrected chi connectivity index (χ2v) is 5.80. The monoisotopic (exact) mass is 355 g/mol. The van der Waals surface area contributed by atoms with Gasteiger partial charge in [0, 0.05) is 18.2 Å². The average molecular weight is 357 g/mol. The minimum Gasteiger partial charge on any atom is -0.305 e. The van der Waals surface area contributed by atoms with Gasteiger partial charge in [-0.1, -0.05) is 11.6 Å². The van der Waals surface area contributed by atoms with Crippen LogP contribution in [0.15, 0.2) is 22.9 Å². The van der Waals surface area contributed by atoms with Gasteiger partial charge in [-0.15, -0.1) is 0 Å². The SMILES string of the molecule is O=C(Nc1cc(Cl)c(Br)cn1)Nc1cn[nH]c1C1CC1. The number of urea groups is 1. The van der Waals surface area contributed by atoms with E-state index in [1.165, 1.54) is 6.20 Å². The molecule has 2 amide bonds. The highest BCUT2D eigenvalue weighted by atomic mass is 79.9. The van der Waals surface area contributed by atoms with E-state index in [1.54, 1.807) is 12.3 Å². The lowest BCUT2D eigenvalue weighted by molar-refractivity contribution is 0.262. The molecule has 8 heteroatoms. The highest BCUT2D eigenvalue weighted by Gasteiger charge is 2.28. The lowest BCUT2D eigenvalue weighted by Gasteiger charge is -2.07. The number of nitrogens with one attached hydrogen (secondary N) is 3. The Labute approximate surface area is 128 Å². The van der Waals surface area contributed by atoms with Gasteiger partial charge in [0.1, 0.15) is 5.82 Å². The van der Waals surface area contributed by atoms with Gasteiger partial charge in [0.05, 0.1) is 27.1 Å². The van der Waals surface area contributed by atoms with Crippen LogP contribution in [0, 0.1) is 0 Å². The zero-order chi connectivity index (χ0) is 14.1. The van der Waals surface area contributed by atoms with Crippen molar-refractivity contribution in [3.8, 4) is 0 Å². The molecule has 3 N–H and O–H groups in total. The van der Waals surface area contributed by atoms with Gasteiger partial charge in [0.2, 0.25) is 0 Å². The highest BCUT2D eigenvalue weighted by Crippen LogP contribution is 2.42. The zero-order valence-electron chi connectivity index (χ0n) is 10.3. The lowest BCUT2D eigenvalue weighted by Crippen LogP contribution is -2.20. The maximum Gasteiger partial charge on any atom is 0.324 e. The van der Waals surface area contributed by atoms with Crippen molar-refractivity contribution in [3.05, 3.63) is 33.6 Å². The predicted molar refractivity (Wildman–Crippen MR) is 80.2 cm³/mol. The number of nitrogens with zero attached hydrogens (tertiary/aromatic N) is 2. The number of pyridine rings is 1. The number of rotatable bonds is 3. The van der Waals surface area contributed by atoms with Gasteiger partial charge < -0.3 is 5.32 Å². The minimum atomic E-state index is -0.376. The Morgan fingerprint density at radius 1 is 1.40 bits per heavy atom. The van der Waals surface area contributed by atoms with E-state index in [1.807, 2.05) is 0 Å². The number of aromatic amines is 1. The van der Waals surface area contributed by atoms with Crippen LogP contribution in [-0.4, -0.2) is 21.2 Å². The van der Waals surface area contributed by atoms with Crippen molar-refractivity contribution >= 4 is 45.1 Å². The first-order valence-electron chi connectivity index (χ1n) is 6.06. The number of carbonyl (C=O) groups excluding carboxylic acids is 1. The molecule has 2 heterocycles. The Kier molecular flexibility index (Phi) is 3.62. The van der Waals surface area contributed by atoms with Crippen LogP contribution in [0.1, 0.15) is 24.5 Å². The fourth-order valence-electron chi connectivity index (χ4n) is 1.83. The summed E-state index contributed by atoms with van der Waals surface area (Å²) < 4.78 is 0.677. The summed E-state index contributed by atoms with van der Waals surface area (Å²) in [6, 6.07) is 1.20. The Balaban J connectivity index is 1.67. The summed E-state index contributed by atoms with van der Waals surface area (Å²) in [4.78, 5) is 16.0. The van der Waals surface area contributed by atoms with Crippen molar-refractivity contribution in [1.29, 1.82) is 0 Å². The van der Waals surface area contributed by atoms with Gasteiger partial charge in [0.15, 0.2) is 0 Å². The molecular weight excluding hydrogens is 346 g/mol. The smallest absolute Gasteiger partial charge is 0.305 e. The number of anilines is 2. The van der Waals surface area contributed by atoms with E-state index >= 15 is 0 Å². The molecule has 6 nitrogen and oxygen atoms in total. The minimum absolute atomic E-state index is 0.376. The van der Waals surface area contributed by atoms with Crippen molar-refractivity contribution in [1.82, 2.24) is 15.2 Å². The van der Waals surface area contributed by atoms with Crippen LogP contribution >= 0.6 is 27.5 Å². The van der Waals surface area contributed by atoms with Crippen LogP contribution in [0.5, 0.6) is 0 Å². The molecule has 104 valence electrons. The number of amides is 2. The fourth-order valence-corrected chi connectivity index (χ4v) is 2.20. The van der Waals surface area contributed by atoms with E-state index in [0.717, 1.165) is 18.5 Å². The summed E-state index contributed by atoms with van der Waals surface area (Å²) in [5.74, 6) is 0.861. The fraction of sp³-hybridized carbons (Fsp3) is 0.250. The first-order chi connectivity index (χ1) is 9.63. The topological polar surface area (TPSA) is 82.7 Å². The normalized spacial score (nSPS) is 14.1. The number of carbonyl (C=O) groups is 1. The van der Waals surface area contributed by atoms with Gasteiger partial charge in [-0.05, 0) is 28.8 Å². The van der Waals surface area contributed by atoms with E-state index in [9.17, 15) is 4.79 Å². The largest absolute Gasteiger partial charge is 0.324 e. The summed E-state index contributed by atoms with van der Waals surface area (Å²) in [6.07, 6.45) is 5.39. The Morgan fingerprint density at radius 2 is 2.20 bits per heavy atom. The summed E-state index contributed by atoms with van der Waals surface area (Å²) in [6.45, 7) is 0. The van der Waals surface area contributed by atoms with Crippen molar-refractivity contribution in [2.24, 2.45) is 0 Å². The van der Waals surface area contributed by atoms with Gasteiger partial charge in [-0.2, -0.15) is 5.10 Å². The van der Waals surface area contributed by atoms with E-state index in [-0.39, 0.29) is 6.03 Å². The molecule has 1 aliphatic carbocycles. The summed E-state index contributed by atoms with van der Waals surface area (Å²) in [5.41, 5.74) is 1.68. The number of hydrogen-bond acceptors (Lipinski definition) is 3. The van der Waals surface area contributed by atoms with Crippen molar-refractivity contribution in [2.45, 2.75) is 18.8 Å². The van der Waals surface area contributed by atoms with E-state index in [4.69, 9.17) is 11.6 Å². The van der Waals surface area contributed by atoms with E-state index in [0.29, 0.717) is 26.9 Å². The lowest BCUT2D eigenvalue weighted by atomic mass is 10.2. The number of halogens is 2. The van der Waals surface area contributed by atoms with Crippen LogP contribution in [0.3, 0.4) is 0 Å². The maximum absolute atomic E-state index is 11.9. The molecule has 0 spiro atoms. The summed E-state index contributed by atoms with van der Waals surface area (Å²) in [5, 5.41) is 12.7. The quantitative estimate of drug-likeness (QED) is 0.783. The summed E-state index contributed by atoms with van der Waals surface area (Å²) >= 11 is 9.18. The predicted octanol–water partition coefficient (Wildman–Crippen LogP) is 3.74. The number of hydrogen-bond donors (Lipinski definition) is 3. The zero-order valence-corrected chi connectivity index (χ0v) is 12.6. The summed E-state index contributed by atoms with van der Waals surface area (Å²) in [7, 11) is 0. The molecule has 3 rings (SSSR count). The van der Waals surface area contributed by atoms with Crippen LogP contribution in [0.2, 0.25) is 5.02 Å². The van der Waals surface area contributed by atoms with Gasteiger partial charge >= 0.3 is 6.03 Å². The standard InChI is InChI=1S/C12H11BrClN5O/c13-7-4-15-10(3-8(7)14)18-12(20)17-9-5-16-19-11(9)6-1-2-6/h3-6H,1-2H2,(H,16,19)(H2,15,17,18,20). The first-order valence-corrected chi connectivity index (χ1v) is 7.23. The van der Waals surface area contributed by atoms with Crippen molar-refractivity contribution < 1.29 is 4.79 Å². The van der Waals surface area contributed by atoms with Crippen LogP contribution in [-0.2, 0) is 0 Å². The van der Waals surface area contributed by atoms with Crippen LogP contribution in [0.25, 0.3) is 0 Å². The molecule has 1 fully saturated rings. The van der Waals surface area contributed by atoms with Crippen LogP contribution < -0.4 is 10.6 Å². The second kappa shape index (κ2) is 5.41. The van der Waals surface area contributed by atoms with Gasteiger partial charge in [-0.3, -0.25) is 10.4 Å². The Bertz CT molecular complexity index is 655. The molecule has 0 radical (unpaired) electrons. The van der Waals surface area contributed by atoms with Crippen molar-refractivity contribution in [3.63, 3.8) is 0 Å². The number of aromatic nitrogens is 3. The number of H-pyrrole nitrogens is 1. The van der Waals surface area contributed by atoms with Gasteiger partial charge in [0.25, 0.3) is 0 Å². The van der Waals surface area contributed by atoms with Crippen molar-refractivity contribution in [2.75, 3.05) is 10.6 Å². The molecule has 1 saturated carbocycles. The molecule has 2 aromatic heterocycles. The molecule has 0 aliphatic heterocycles. The third-order valence-electron chi connectivity index (χ3n) is 2.95. The third-order valence-corrected chi connectivity index (χ3v) is 4.13.